The summed E-state index contributed by atoms with van der Waals surface area (Å²) in [6.07, 6.45) is 6.17. The summed E-state index contributed by atoms with van der Waals surface area (Å²) in [6, 6.07) is 7.54. The van der Waals surface area contributed by atoms with E-state index in [0.717, 1.165) is 31.4 Å². The molecule has 1 saturated heterocycles. The summed E-state index contributed by atoms with van der Waals surface area (Å²) in [4.78, 5) is 12.2. The molecule has 7 heteroatoms. The first-order valence-electron chi connectivity index (χ1n) is 8.61. The monoisotopic (exact) mass is 346 g/mol. The minimum Gasteiger partial charge on any atom is -0.376 e. The van der Waals surface area contributed by atoms with Crippen LogP contribution in [0.25, 0.3) is 0 Å². The molecular formula is C18H23FN4O2. The van der Waals surface area contributed by atoms with Gasteiger partial charge >= 0.3 is 6.03 Å². The van der Waals surface area contributed by atoms with Crippen molar-refractivity contribution in [1.29, 1.82) is 0 Å². The van der Waals surface area contributed by atoms with Crippen molar-refractivity contribution < 1.29 is 13.9 Å². The van der Waals surface area contributed by atoms with E-state index in [9.17, 15) is 9.18 Å². The second-order valence-corrected chi connectivity index (χ2v) is 6.10. The molecule has 1 aliphatic rings. The van der Waals surface area contributed by atoms with Crippen molar-refractivity contribution in [2.24, 2.45) is 0 Å². The van der Waals surface area contributed by atoms with Gasteiger partial charge in [0.25, 0.3) is 0 Å². The van der Waals surface area contributed by atoms with Crippen LogP contribution in [0, 0.1) is 5.82 Å². The highest BCUT2D eigenvalue weighted by Gasteiger charge is 2.28. The fourth-order valence-corrected chi connectivity index (χ4v) is 2.99. The molecule has 2 amide bonds. The number of rotatable bonds is 7. The number of ether oxygens (including phenoxy) is 1. The lowest BCUT2D eigenvalue weighted by Crippen LogP contribution is -2.42. The maximum absolute atomic E-state index is 13.2. The fourth-order valence-electron chi connectivity index (χ4n) is 2.99. The van der Waals surface area contributed by atoms with Gasteiger partial charge in [0.15, 0.2) is 0 Å². The molecule has 2 aromatic rings. The molecule has 1 aliphatic heterocycles. The number of hydrogen-bond donors (Lipinski definition) is 2. The van der Waals surface area contributed by atoms with Crippen LogP contribution in [0.2, 0.25) is 0 Å². The SMILES string of the molecule is O=C(NCCCn1cccn1)NC(c1ccc(F)cc1)C1CCCO1. The van der Waals surface area contributed by atoms with Gasteiger partial charge in [-0.1, -0.05) is 12.1 Å². The maximum atomic E-state index is 13.2. The molecule has 0 radical (unpaired) electrons. The van der Waals surface area contributed by atoms with E-state index < -0.39 is 0 Å². The highest BCUT2D eigenvalue weighted by molar-refractivity contribution is 5.74. The number of hydrogen-bond acceptors (Lipinski definition) is 3. The quantitative estimate of drug-likeness (QED) is 0.758. The van der Waals surface area contributed by atoms with Crippen molar-refractivity contribution in [3.63, 3.8) is 0 Å². The molecule has 2 N–H and O–H groups in total. The minimum absolute atomic E-state index is 0.0831. The average molecular weight is 346 g/mol. The number of aromatic nitrogens is 2. The van der Waals surface area contributed by atoms with Gasteiger partial charge < -0.3 is 15.4 Å². The predicted molar refractivity (Wildman–Crippen MR) is 91.5 cm³/mol. The summed E-state index contributed by atoms with van der Waals surface area (Å²) in [5, 5.41) is 9.95. The number of urea groups is 1. The second kappa shape index (κ2) is 8.62. The van der Waals surface area contributed by atoms with Crippen molar-refractivity contribution in [1.82, 2.24) is 20.4 Å². The zero-order valence-electron chi connectivity index (χ0n) is 14.0. The largest absolute Gasteiger partial charge is 0.376 e. The summed E-state index contributed by atoms with van der Waals surface area (Å²) in [5.41, 5.74) is 0.847. The summed E-state index contributed by atoms with van der Waals surface area (Å²) in [5.74, 6) is -0.294. The van der Waals surface area contributed by atoms with Gasteiger partial charge in [-0.3, -0.25) is 4.68 Å². The van der Waals surface area contributed by atoms with Crippen LogP contribution in [0.3, 0.4) is 0 Å². The molecule has 1 aromatic carbocycles. The van der Waals surface area contributed by atoms with Gasteiger partial charge in [-0.05, 0) is 43.0 Å². The van der Waals surface area contributed by atoms with E-state index in [1.165, 1.54) is 12.1 Å². The van der Waals surface area contributed by atoms with Gasteiger partial charge in [-0.15, -0.1) is 0 Å². The van der Waals surface area contributed by atoms with Crippen molar-refractivity contribution in [3.8, 4) is 0 Å². The van der Waals surface area contributed by atoms with Crippen LogP contribution in [0.4, 0.5) is 9.18 Å². The molecule has 6 nitrogen and oxygen atoms in total. The zero-order valence-corrected chi connectivity index (χ0v) is 14.0. The third-order valence-corrected chi connectivity index (χ3v) is 4.26. The number of aryl methyl sites for hydroxylation is 1. The predicted octanol–water partition coefficient (Wildman–Crippen LogP) is 2.63. The number of halogens is 1. The third-order valence-electron chi connectivity index (χ3n) is 4.26. The summed E-state index contributed by atoms with van der Waals surface area (Å²) in [7, 11) is 0. The Morgan fingerprint density at radius 2 is 2.24 bits per heavy atom. The lowest BCUT2D eigenvalue weighted by atomic mass is 9.99. The van der Waals surface area contributed by atoms with Crippen LogP contribution in [-0.4, -0.2) is 35.1 Å². The third kappa shape index (κ3) is 5.03. The molecule has 0 bridgehead atoms. The second-order valence-electron chi connectivity index (χ2n) is 6.10. The molecule has 25 heavy (non-hydrogen) atoms. The smallest absolute Gasteiger partial charge is 0.315 e. The summed E-state index contributed by atoms with van der Waals surface area (Å²) in [6.45, 7) is 1.99. The summed E-state index contributed by atoms with van der Waals surface area (Å²) < 4.78 is 20.7. The Hall–Kier alpha value is -2.41. The van der Waals surface area contributed by atoms with E-state index in [1.807, 2.05) is 16.9 Å². The molecule has 134 valence electrons. The standard InChI is InChI=1S/C18H23FN4O2/c19-15-7-5-14(6-8-15)17(16-4-1-13-25-16)22-18(24)20-9-2-11-23-12-3-10-21-23/h3,5-8,10,12,16-17H,1-2,4,9,11,13H2,(H2,20,22,24). The van der Waals surface area contributed by atoms with Crippen molar-refractivity contribution in [2.45, 2.75) is 38.0 Å². The van der Waals surface area contributed by atoms with Gasteiger partial charge in [-0.2, -0.15) is 5.10 Å². The Morgan fingerprint density at radius 3 is 2.92 bits per heavy atom. The van der Waals surface area contributed by atoms with Crippen molar-refractivity contribution >= 4 is 6.03 Å². The van der Waals surface area contributed by atoms with E-state index in [-0.39, 0.29) is 24.0 Å². The van der Waals surface area contributed by atoms with Crippen LogP contribution in [0.1, 0.15) is 30.9 Å². The van der Waals surface area contributed by atoms with E-state index in [0.29, 0.717) is 13.2 Å². The summed E-state index contributed by atoms with van der Waals surface area (Å²) >= 11 is 0. The first-order valence-corrected chi connectivity index (χ1v) is 8.61. The van der Waals surface area contributed by atoms with Crippen molar-refractivity contribution in [2.75, 3.05) is 13.2 Å². The lowest BCUT2D eigenvalue weighted by Gasteiger charge is -2.25. The van der Waals surface area contributed by atoms with Gasteiger partial charge in [-0.25, -0.2) is 9.18 Å². The molecule has 0 spiro atoms. The lowest BCUT2D eigenvalue weighted by molar-refractivity contribution is 0.0807. The van der Waals surface area contributed by atoms with E-state index in [2.05, 4.69) is 15.7 Å². The first kappa shape index (κ1) is 17.4. The minimum atomic E-state index is -0.294. The normalized spacial score (nSPS) is 18.0. The fraction of sp³-hybridized carbons (Fsp3) is 0.444. The van der Waals surface area contributed by atoms with E-state index >= 15 is 0 Å². The van der Waals surface area contributed by atoms with Crippen molar-refractivity contribution in [3.05, 3.63) is 54.1 Å². The topological polar surface area (TPSA) is 68.2 Å². The van der Waals surface area contributed by atoms with E-state index in [4.69, 9.17) is 4.74 Å². The molecule has 3 rings (SSSR count). The number of amides is 2. The number of nitrogens with one attached hydrogen (secondary N) is 2. The van der Waals surface area contributed by atoms with Crippen LogP contribution in [0.15, 0.2) is 42.7 Å². The number of carbonyl (C=O) groups excluding carboxylic acids is 1. The molecule has 2 atom stereocenters. The van der Waals surface area contributed by atoms with Gasteiger partial charge in [0.1, 0.15) is 5.82 Å². The van der Waals surface area contributed by atoms with Gasteiger partial charge in [0.05, 0.1) is 12.1 Å². The number of benzene rings is 1. The Kier molecular flexibility index (Phi) is 6.00. The Balaban J connectivity index is 1.52. The molecule has 1 fully saturated rings. The first-order chi connectivity index (χ1) is 12.2. The molecule has 2 heterocycles. The Bertz CT molecular complexity index is 654. The Labute approximate surface area is 146 Å². The molecule has 1 aromatic heterocycles. The molecule has 2 unspecified atom stereocenters. The number of carbonyl (C=O) groups is 1. The average Bonchev–Trinajstić information content (AvgIpc) is 3.31. The van der Waals surface area contributed by atoms with Gasteiger partial charge in [0.2, 0.25) is 0 Å². The number of nitrogens with zero attached hydrogens (tertiary/aromatic N) is 2. The van der Waals surface area contributed by atoms with E-state index in [1.54, 1.807) is 18.3 Å². The van der Waals surface area contributed by atoms with Crippen LogP contribution >= 0.6 is 0 Å². The van der Waals surface area contributed by atoms with Crippen LogP contribution in [-0.2, 0) is 11.3 Å². The molecule has 0 saturated carbocycles. The zero-order chi connectivity index (χ0) is 17.5. The highest BCUT2D eigenvalue weighted by Crippen LogP contribution is 2.27. The van der Waals surface area contributed by atoms with Crippen LogP contribution < -0.4 is 10.6 Å². The molecular weight excluding hydrogens is 323 g/mol. The maximum Gasteiger partial charge on any atom is 0.315 e. The van der Waals surface area contributed by atoms with Crippen LogP contribution in [0.5, 0.6) is 0 Å². The highest BCUT2D eigenvalue weighted by atomic mass is 19.1. The van der Waals surface area contributed by atoms with Gasteiger partial charge in [0, 0.05) is 32.1 Å². The Morgan fingerprint density at radius 1 is 1.40 bits per heavy atom. The molecule has 0 aliphatic carbocycles.